The van der Waals surface area contributed by atoms with Crippen LogP contribution in [0.2, 0.25) is 0 Å². The van der Waals surface area contributed by atoms with Gasteiger partial charge in [0, 0.05) is 19.0 Å². The molecule has 5 heteroatoms. The van der Waals surface area contributed by atoms with Gasteiger partial charge in [0.25, 0.3) is 0 Å². The highest BCUT2D eigenvalue weighted by Gasteiger charge is 2.24. The predicted octanol–water partition coefficient (Wildman–Crippen LogP) is -0.373. The number of hydrogen-bond donors (Lipinski definition) is 3. The van der Waals surface area contributed by atoms with Crippen molar-refractivity contribution >= 4 is 11.8 Å². The average molecular weight is 227 g/mol. The van der Waals surface area contributed by atoms with Gasteiger partial charge in [-0.1, -0.05) is 6.92 Å². The first-order valence-corrected chi connectivity index (χ1v) is 5.88. The van der Waals surface area contributed by atoms with E-state index in [1.807, 2.05) is 14.0 Å². The first-order chi connectivity index (χ1) is 7.65. The van der Waals surface area contributed by atoms with Crippen LogP contribution in [0.3, 0.4) is 0 Å². The van der Waals surface area contributed by atoms with E-state index in [4.69, 9.17) is 0 Å². The van der Waals surface area contributed by atoms with Gasteiger partial charge in [0.15, 0.2) is 0 Å². The second-order valence-corrected chi connectivity index (χ2v) is 4.31. The molecule has 2 unspecified atom stereocenters. The number of nitrogens with one attached hydrogen (secondary N) is 3. The minimum absolute atomic E-state index is 0.0532. The lowest BCUT2D eigenvalue weighted by Gasteiger charge is -2.18. The quantitative estimate of drug-likeness (QED) is 0.613. The van der Waals surface area contributed by atoms with E-state index in [9.17, 15) is 9.59 Å². The lowest BCUT2D eigenvalue weighted by Crippen LogP contribution is -2.48. The van der Waals surface area contributed by atoms with Gasteiger partial charge in [0.2, 0.25) is 11.8 Å². The summed E-state index contributed by atoms with van der Waals surface area (Å²) in [6, 6.07) is -0.352. The van der Waals surface area contributed by atoms with Crippen molar-refractivity contribution in [2.75, 3.05) is 20.1 Å². The Hall–Kier alpha value is -1.10. The molecule has 1 saturated heterocycles. The molecule has 0 aromatic rings. The van der Waals surface area contributed by atoms with E-state index in [1.54, 1.807) is 0 Å². The monoisotopic (exact) mass is 227 g/mol. The Bertz CT molecular complexity index is 256. The van der Waals surface area contributed by atoms with Crippen molar-refractivity contribution in [1.82, 2.24) is 16.0 Å². The maximum atomic E-state index is 11.7. The third-order valence-corrected chi connectivity index (χ3v) is 2.81. The van der Waals surface area contributed by atoms with Crippen molar-refractivity contribution in [3.8, 4) is 0 Å². The molecule has 0 aromatic heterocycles. The first-order valence-electron chi connectivity index (χ1n) is 5.88. The lowest BCUT2D eigenvalue weighted by molar-refractivity contribution is -0.130. The van der Waals surface area contributed by atoms with Gasteiger partial charge in [-0.05, 0) is 26.3 Å². The Morgan fingerprint density at radius 2 is 2.31 bits per heavy atom. The van der Waals surface area contributed by atoms with Crippen LogP contribution >= 0.6 is 0 Å². The topological polar surface area (TPSA) is 70.2 Å². The van der Waals surface area contributed by atoms with Crippen LogP contribution in [0.25, 0.3) is 0 Å². The Kier molecular flexibility index (Phi) is 5.25. The Balaban J connectivity index is 2.44. The van der Waals surface area contributed by atoms with Crippen LogP contribution in [0.5, 0.6) is 0 Å². The van der Waals surface area contributed by atoms with E-state index < -0.39 is 0 Å². The van der Waals surface area contributed by atoms with Gasteiger partial charge in [-0.25, -0.2) is 0 Å². The Labute approximate surface area is 96.4 Å². The molecule has 0 spiro atoms. The van der Waals surface area contributed by atoms with Gasteiger partial charge in [-0.2, -0.15) is 0 Å². The van der Waals surface area contributed by atoms with Crippen molar-refractivity contribution in [3.05, 3.63) is 0 Å². The van der Waals surface area contributed by atoms with Gasteiger partial charge in [0.05, 0.1) is 0 Å². The summed E-state index contributed by atoms with van der Waals surface area (Å²) in [5, 5.41) is 8.55. The van der Waals surface area contributed by atoms with Crippen LogP contribution in [-0.4, -0.2) is 38.0 Å². The van der Waals surface area contributed by atoms with E-state index in [0.717, 1.165) is 25.8 Å². The fourth-order valence-electron chi connectivity index (χ4n) is 1.79. The van der Waals surface area contributed by atoms with Crippen molar-refractivity contribution in [2.45, 2.75) is 32.2 Å². The van der Waals surface area contributed by atoms with Gasteiger partial charge < -0.3 is 16.0 Å². The van der Waals surface area contributed by atoms with Gasteiger partial charge in [-0.3, -0.25) is 9.59 Å². The molecule has 2 amide bonds. The fourth-order valence-corrected chi connectivity index (χ4v) is 1.79. The van der Waals surface area contributed by atoms with Gasteiger partial charge in [0.1, 0.15) is 6.04 Å². The minimum Gasteiger partial charge on any atom is -0.354 e. The molecular formula is C11H21N3O2. The molecule has 2 atom stereocenters. The zero-order valence-corrected chi connectivity index (χ0v) is 10.0. The molecule has 0 bridgehead atoms. The maximum Gasteiger partial charge on any atom is 0.242 e. The Morgan fingerprint density at radius 3 is 3.00 bits per heavy atom. The van der Waals surface area contributed by atoms with E-state index in [1.165, 1.54) is 0 Å². The fraction of sp³-hybridized carbons (Fsp3) is 0.818. The standard InChI is InChI=1S/C11H21N3O2/c1-8(7-12-2)10(15)14-9-5-3-4-6-13-11(9)16/h8-9,12H,3-7H2,1-2H3,(H,13,16)(H,14,15). The third kappa shape index (κ3) is 3.81. The lowest BCUT2D eigenvalue weighted by atomic mass is 10.1. The molecule has 1 heterocycles. The van der Waals surface area contributed by atoms with E-state index >= 15 is 0 Å². The van der Waals surface area contributed by atoms with Crippen LogP contribution in [0, 0.1) is 5.92 Å². The molecule has 0 saturated carbocycles. The summed E-state index contributed by atoms with van der Waals surface area (Å²) in [6.45, 7) is 3.19. The SMILES string of the molecule is CNCC(C)C(=O)NC1CCCCNC1=O. The number of hydrogen-bond acceptors (Lipinski definition) is 3. The van der Waals surface area contributed by atoms with E-state index in [-0.39, 0.29) is 23.8 Å². The maximum absolute atomic E-state index is 11.7. The zero-order chi connectivity index (χ0) is 12.0. The molecule has 0 aliphatic carbocycles. The molecule has 16 heavy (non-hydrogen) atoms. The smallest absolute Gasteiger partial charge is 0.242 e. The zero-order valence-electron chi connectivity index (χ0n) is 10.0. The minimum atomic E-state index is -0.352. The number of amides is 2. The molecule has 1 aliphatic heterocycles. The van der Waals surface area contributed by atoms with Crippen LogP contribution in [0.15, 0.2) is 0 Å². The molecule has 0 radical (unpaired) electrons. The molecule has 92 valence electrons. The van der Waals surface area contributed by atoms with E-state index in [2.05, 4.69) is 16.0 Å². The molecule has 1 fully saturated rings. The van der Waals surface area contributed by atoms with E-state index in [0.29, 0.717) is 6.54 Å². The number of carbonyl (C=O) groups is 2. The second kappa shape index (κ2) is 6.48. The summed E-state index contributed by atoms with van der Waals surface area (Å²) in [6.07, 6.45) is 2.71. The summed E-state index contributed by atoms with van der Waals surface area (Å²) in [5.74, 6) is -0.222. The Morgan fingerprint density at radius 1 is 1.56 bits per heavy atom. The number of carbonyl (C=O) groups excluding carboxylic acids is 2. The summed E-state index contributed by atoms with van der Waals surface area (Å²) in [7, 11) is 1.81. The molecule has 0 aromatic carbocycles. The van der Waals surface area contributed by atoms with Crippen molar-refractivity contribution < 1.29 is 9.59 Å². The second-order valence-electron chi connectivity index (χ2n) is 4.31. The normalized spacial score (nSPS) is 23.1. The van der Waals surface area contributed by atoms with Crippen molar-refractivity contribution in [1.29, 1.82) is 0 Å². The number of rotatable bonds is 4. The molecule has 1 rings (SSSR count). The molecule has 3 N–H and O–H groups in total. The largest absolute Gasteiger partial charge is 0.354 e. The third-order valence-electron chi connectivity index (χ3n) is 2.81. The molecule has 5 nitrogen and oxygen atoms in total. The van der Waals surface area contributed by atoms with Crippen LogP contribution in [-0.2, 0) is 9.59 Å². The summed E-state index contributed by atoms with van der Waals surface area (Å²) >= 11 is 0. The predicted molar refractivity (Wildman–Crippen MR) is 61.9 cm³/mol. The van der Waals surface area contributed by atoms with Crippen molar-refractivity contribution in [2.24, 2.45) is 5.92 Å². The highest BCUT2D eigenvalue weighted by molar-refractivity contribution is 5.88. The summed E-state index contributed by atoms with van der Waals surface area (Å²) in [5.41, 5.74) is 0. The van der Waals surface area contributed by atoms with Crippen LogP contribution < -0.4 is 16.0 Å². The first kappa shape index (κ1) is 13.0. The van der Waals surface area contributed by atoms with Gasteiger partial charge >= 0.3 is 0 Å². The average Bonchev–Trinajstić information content (AvgIpc) is 2.45. The van der Waals surface area contributed by atoms with Crippen molar-refractivity contribution in [3.63, 3.8) is 0 Å². The van der Waals surface area contributed by atoms with Gasteiger partial charge in [-0.15, -0.1) is 0 Å². The summed E-state index contributed by atoms with van der Waals surface area (Å²) in [4.78, 5) is 23.3. The molecule has 1 aliphatic rings. The highest BCUT2D eigenvalue weighted by atomic mass is 16.2. The van der Waals surface area contributed by atoms with Crippen LogP contribution in [0.4, 0.5) is 0 Å². The molecular weight excluding hydrogens is 206 g/mol. The highest BCUT2D eigenvalue weighted by Crippen LogP contribution is 2.06. The van der Waals surface area contributed by atoms with Crippen LogP contribution in [0.1, 0.15) is 26.2 Å². The summed E-state index contributed by atoms with van der Waals surface area (Å²) < 4.78 is 0.